The Kier molecular flexibility index (Phi) is 1.87. The molecule has 1 aromatic heterocycles. The van der Waals surface area contributed by atoms with Crippen LogP contribution < -0.4 is 0 Å². The Labute approximate surface area is 77.6 Å². The lowest BCUT2D eigenvalue weighted by molar-refractivity contribution is 0.0462. The van der Waals surface area contributed by atoms with Crippen LogP contribution in [0.4, 0.5) is 0 Å². The van der Waals surface area contributed by atoms with Gasteiger partial charge in [-0.25, -0.2) is 9.67 Å². The maximum atomic E-state index is 10.00. The summed E-state index contributed by atoms with van der Waals surface area (Å²) in [5.74, 6) is 0. The number of hydrogen-bond acceptors (Lipinski definition) is 3. The average molecular weight is 181 g/mol. The Morgan fingerprint density at radius 3 is 2.77 bits per heavy atom. The van der Waals surface area contributed by atoms with Gasteiger partial charge < -0.3 is 5.11 Å². The highest BCUT2D eigenvalue weighted by Gasteiger charge is 2.41. The van der Waals surface area contributed by atoms with Gasteiger partial charge in [-0.3, -0.25) is 0 Å². The molecule has 1 fully saturated rings. The zero-order valence-electron chi connectivity index (χ0n) is 8.01. The lowest BCUT2D eigenvalue weighted by Gasteiger charge is -2.25. The Morgan fingerprint density at radius 1 is 1.54 bits per heavy atom. The highest BCUT2D eigenvalue weighted by molar-refractivity contribution is 4.93. The van der Waals surface area contributed by atoms with Crippen molar-refractivity contribution in [3.8, 4) is 0 Å². The van der Waals surface area contributed by atoms with E-state index < -0.39 is 0 Å². The van der Waals surface area contributed by atoms with Gasteiger partial charge in [0.25, 0.3) is 0 Å². The van der Waals surface area contributed by atoms with Crippen LogP contribution in [0.25, 0.3) is 0 Å². The summed E-state index contributed by atoms with van der Waals surface area (Å²) < 4.78 is 1.76. The van der Waals surface area contributed by atoms with Crippen LogP contribution in [0.1, 0.15) is 32.7 Å². The minimum absolute atomic E-state index is 0.0105. The molecule has 1 N–H and O–H groups in total. The van der Waals surface area contributed by atoms with Gasteiger partial charge in [-0.1, -0.05) is 13.8 Å². The van der Waals surface area contributed by atoms with Gasteiger partial charge in [0.15, 0.2) is 0 Å². The quantitative estimate of drug-likeness (QED) is 0.703. The molecule has 0 radical (unpaired) electrons. The first-order chi connectivity index (χ1) is 6.11. The smallest absolute Gasteiger partial charge is 0.137 e. The first kappa shape index (κ1) is 8.69. The molecule has 1 aliphatic carbocycles. The van der Waals surface area contributed by atoms with E-state index in [-0.39, 0.29) is 17.6 Å². The van der Waals surface area contributed by atoms with Crippen molar-refractivity contribution in [2.24, 2.45) is 5.41 Å². The van der Waals surface area contributed by atoms with E-state index >= 15 is 0 Å². The molecule has 2 rings (SSSR count). The van der Waals surface area contributed by atoms with Crippen molar-refractivity contribution >= 4 is 0 Å². The topological polar surface area (TPSA) is 50.9 Å². The van der Waals surface area contributed by atoms with E-state index in [2.05, 4.69) is 23.9 Å². The zero-order chi connectivity index (χ0) is 9.47. The van der Waals surface area contributed by atoms with Gasteiger partial charge in [0.1, 0.15) is 12.7 Å². The van der Waals surface area contributed by atoms with Gasteiger partial charge in [-0.15, -0.1) is 0 Å². The fraction of sp³-hybridized carbons (Fsp3) is 0.778. The standard InChI is InChI=1S/C9H15N3O/c1-9(2)4-3-7(8(9)13)12-6-10-5-11-12/h5-8,13H,3-4H2,1-2H3. The lowest BCUT2D eigenvalue weighted by Crippen LogP contribution is -2.29. The number of aliphatic hydroxyl groups excluding tert-OH is 1. The number of nitrogens with zero attached hydrogens (tertiary/aromatic N) is 3. The first-order valence-corrected chi connectivity index (χ1v) is 4.63. The molecule has 1 aliphatic rings. The van der Waals surface area contributed by atoms with Gasteiger partial charge in [0.05, 0.1) is 12.1 Å². The third-order valence-corrected chi connectivity index (χ3v) is 3.03. The molecule has 4 nitrogen and oxygen atoms in total. The minimum atomic E-state index is -0.311. The van der Waals surface area contributed by atoms with Crippen molar-refractivity contribution in [3.63, 3.8) is 0 Å². The summed E-state index contributed by atoms with van der Waals surface area (Å²) in [6.07, 6.45) is 4.90. The summed E-state index contributed by atoms with van der Waals surface area (Å²) in [7, 11) is 0. The highest BCUT2D eigenvalue weighted by atomic mass is 16.3. The predicted molar refractivity (Wildman–Crippen MR) is 48.1 cm³/mol. The van der Waals surface area contributed by atoms with E-state index in [9.17, 15) is 5.11 Å². The number of aromatic nitrogens is 3. The van der Waals surface area contributed by atoms with E-state index in [0.29, 0.717) is 0 Å². The molecule has 0 spiro atoms. The third kappa shape index (κ3) is 1.35. The Morgan fingerprint density at radius 2 is 2.31 bits per heavy atom. The van der Waals surface area contributed by atoms with Gasteiger partial charge >= 0.3 is 0 Å². The van der Waals surface area contributed by atoms with E-state index in [1.807, 2.05) is 0 Å². The number of hydrogen-bond donors (Lipinski definition) is 1. The van der Waals surface area contributed by atoms with E-state index in [1.165, 1.54) is 6.33 Å². The van der Waals surface area contributed by atoms with Crippen molar-refractivity contribution in [1.82, 2.24) is 14.8 Å². The molecule has 13 heavy (non-hydrogen) atoms. The Hall–Kier alpha value is -0.900. The monoisotopic (exact) mass is 181 g/mol. The average Bonchev–Trinajstić information content (AvgIpc) is 2.63. The predicted octanol–water partition coefficient (Wildman–Crippen LogP) is 1.00. The normalized spacial score (nSPS) is 32.2. The summed E-state index contributed by atoms with van der Waals surface area (Å²) in [4.78, 5) is 3.89. The van der Waals surface area contributed by atoms with Gasteiger partial charge in [-0.2, -0.15) is 5.10 Å². The lowest BCUT2D eigenvalue weighted by atomic mass is 9.89. The van der Waals surface area contributed by atoms with Gasteiger partial charge in [0, 0.05) is 0 Å². The molecule has 0 aliphatic heterocycles. The van der Waals surface area contributed by atoms with E-state index in [0.717, 1.165) is 12.8 Å². The molecule has 1 saturated carbocycles. The summed E-state index contributed by atoms with van der Waals surface area (Å²) in [5.41, 5.74) is 0.0105. The Balaban J connectivity index is 2.21. The number of aliphatic hydroxyl groups is 1. The van der Waals surface area contributed by atoms with E-state index in [1.54, 1.807) is 11.0 Å². The second-order valence-corrected chi connectivity index (χ2v) is 4.41. The van der Waals surface area contributed by atoms with Crippen LogP contribution in [0.15, 0.2) is 12.7 Å². The summed E-state index contributed by atoms with van der Waals surface area (Å²) >= 11 is 0. The van der Waals surface area contributed by atoms with Crippen molar-refractivity contribution in [3.05, 3.63) is 12.7 Å². The van der Waals surface area contributed by atoms with Crippen LogP contribution in [0, 0.1) is 5.41 Å². The second-order valence-electron chi connectivity index (χ2n) is 4.41. The molecule has 4 heteroatoms. The van der Waals surface area contributed by atoms with Crippen molar-refractivity contribution < 1.29 is 5.11 Å². The van der Waals surface area contributed by atoms with Crippen LogP contribution in [0.2, 0.25) is 0 Å². The highest BCUT2D eigenvalue weighted by Crippen LogP contribution is 2.43. The number of rotatable bonds is 1. The fourth-order valence-electron chi connectivity index (χ4n) is 2.01. The molecule has 0 aromatic carbocycles. The molecule has 0 bridgehead atoms. The molecule has 72 valence electrons. The molecule has 2 unspecified atom stereocenters. The minimum Gasteiger partial charge on any atom is -0.390 e. The summed E-state index contributed by atoms with van der Waals surface area (Å²) in [6.45, 7) is 4.18. The van der Waals surface area contributed by atoms with Gasteiger partial charge in [-0.05, 0) is 18.3 Å². The molecule has 1 aromatic rings. The molecule has 1 heterocycles. The van der Waals surface area contributed by atoms with Crippen molar-refractivity contribution in [2.45, 2.75) is 38.8 Å². The third-order valence-electron chi connectivity index (χ3n) is 3.03. The second kappa shape index (κ2) is 2.80. The van der Waals surface area contributed by atoms with Crippen LogP contribution in [-0.2, 0) is 0 Å². The van der Waals surface area contributed by atoms with Crippen LogP contribution in [0.5, 0.6) is 0 Å². The zero-order valence-corrected chi connectivity index (χ0v) is 8.01. The van der Waals surface area contributed by atoms with Crippen molar-refractivity contribution in [2.75, 3.05) is 0 Å². The molecule has 2 atom stereocenters. The Bertz CT molecular complexity index is 281. The molecular formula is C9H15N3O. The largest absolute Gasteiger partial charge is 0.390 e. The van der Waals surface area contributed by atoms with Crippen LogP contribution in [-0.4, -0.2) is 26.0 Å². The molecule has 0 amide bonds. The summed E-state index contributed by atoms with van der Waals surface area (Å²) in [6, 6.07) is 0.109. The SMILES string of the molecule is CC1(C)CCC(n2cncn2)C1O. The van der Waals surface area contributed by atoms with Gasteiger partial charge in [0.2, 0.25) is 0 Å². The van der Waals surface area contributed by atoms with Crippen molar-refractivity contribution in [1.29, 1.82) is 0 Å². The summed E-state index contributed by atoms with van der Waals surface area (Å²) in [5, 5.41) is 14.1. The maximum absolute atomic E-state index is 10.00. The molecular weight excluding hydrogens is 166 g/mol. The maximum Gasteiger partial charge on any atom is 0.137 e. The fourth-order valence-corrected chi connectivity index (χ4v) is 2.01. The van der Waals surface area contributed by atoms with Crippen LogP contribution in [0.3, 0.4) is 0 Å². The van der Waals surface area contributed by atoms with Crippen LogP contribution >= 0.6 is 0 Å². The first-order valence-electron chi connectivity index (χ1n) is 4.63. The molecule has 0 saturated heterocycles. The van der Waals surface area contributed by atoms with E-state index in [4.69, 9.17) is 0 Å².